The number of fused-ring (bicyclic) bond motifs is 1. The van der Waals surface area contributed by atoms with Gasteiger partial charge in [-0.25, -0.2) is 9.67 Å². The van der Waals surface area contributed by atoms with Crippen molar-refractivity contribution in [3.05, 3.63) is 52.8 Å². The minimum atomic E-state index is -0.214. The molecular weight excluding hydrogens is 340 g/mol. The molecule has 6 nitrogen and oxygen atoms in total. The Hall–Kier alpha value is -2.73. The molecule has 0 aliphatic carbocycles. The second-order valence-corrected chi connectivity index (χ2v) is 6.10. The normalized spacial score (nSPS) is 10.7. The van der Waals surface area contributed by atoms with E-state index in [-0.39, 0.29) is 5.78 Å². The first kappa shape index (κ1) is 17.1. The number of carbonyl (C=O) groups excluding carboxylic acids is 1. The molecule has 0 bridgehead atoms. The lowest BCUT2D eigenvalue weighted by molar-refractivity contribution is 0.103. The number of hydrogen-bond acceptors (Lipinski definition) is 5. The van der Waals surface area contributed by atoms with Gasteiger partial charge in [0.15, 0.2) is 17.2 Å². The molecule has 0 amide bonds. The molecule has 2 heterocycles. The van der Waals surface area contributed by atoms with E-state index in [9.17, 15) is 4.79 Å². The van der Waals surface area contributed by atoms with Crippen LogP contribution in [0.5, 0.6) is 5.75 Å². The maximum absolute atomic E-state index is 12.9. The van der Waals surface area contributed by atoms with E-state index in [1.54, 1.807) is 35.1 Å². The lowest BCUT2D eigenvalue weighted by Crippen LogP contribution is -2.06. The van der Waals surface area contributed by atoms with Crippen LogP contribution in [0.2, 0.25) is 5.02 Å². The van der Waals surface area contributed by atoms with Crippen molar-refractivity contribution in [2.75, 3.05) is 0 Å². The smallest absolute Gasteiger partial charge is 0.198 e. The number of rotatable bonds is 5. The molecule has 3 rings (SSSR count). The van der Waals surface area contributed by atoms with Crippen molar-refractivity contribution in [2.24, 2.45) is 5.16 Å². The zero-order chi connectivity index (χ0) is 18.0. The third kappa shape index (κ3) is 3.39. The van der Waals surface area contributed by atoms with Gasteiger partial charge in [0.2, 0.25) is 0 Å². The monoisotopic (exact) mass is 356 g/mol. The van der Waals surface area contributed by atoms with Crippen molar-refractivity contribution in [1.29, 1.82) is 0 Å². The summed E-state index contributed by atoms with van der Waals surface area (Å²) in [7, 11) is 0. The molecule has 0 saturated carbocycles. The first-order valence-corrected chi connectivity index (χ1v) is 8.22. The van der Waals surface area contributed by atoms with Crippen molar-refractivity contribution >= 4 is 34.1 Å². The molecule has 0 unspecified atom stereocenters. The highest BCUT2D eigenvalue weighted by atomic mass is 35.5. The van der Waals surface area contributed by atoms with Crippen LogP contribution in [-0.2, 0) is 6.54 Å². The molecule has 3 aromatic rings. The van der Waals surface area contributed by atoms with Gasteiger partial charge in [-0.15, -0.1) is 0 Å². The molecule has 0 spiro atoms. The van der Waals surface area contributed by atoms with E-state index in [0.29, 0.717) is 39.5 Å². The van der Waals surface area contributed by atoms with Crippen molar-refractivity contribution < 1.29 is 9.63 Å². The second kappa shape index (κ2) is 7.03. The van der Waals surface area contributed by atoms with Crippen LogP contribution in [0.3, 0.4) is 0 Å². The molecule has 0 saturated heterocycles. The Labute approximate surface area is 150 Å². The number of oxime groups is 1. The number of benzene rings is 1. The van der Waals surface area contributed by atoms with Gasteiger partial charge in [-0.1, -0.05) is 16.8 Å². The van der Waals surface area contributed by atoms with E-state index in [1.165, 1.54) is 6.20 Å². The average Bonchev–Trinajstić information content (AvgIpc) is 3.03. The highest BCUT2D eigenvalue weighted by Gasteiger charge is 2.21. The zero-order valence-corrected chi connectivity index (χ0v) is 14.9. The zero-order valence-electron chi connectivity index (χ0n) is 14.2. The summed E-state index contributed by atoms with van der Waals surface area (Å²) in [6.07, 6.45) is 3.14. The molecule has 7 heteroatoms. The molecule has 2 aromatic heterocycles. The van der Waals surface area contributed by atoms with E-state index in [4.69, 9.17) is 16.4 Å². The Bertz CT molecular complexity index is 957. The van der Waals surface area contributed by atoms with E-state index >= 15 is 0 Å². The summed E-state index contributed by atoms with van der Waals surface area (Å²) < 4.78 is 1.74. The lowest BCUT2D eigenvalue weighted by atomic mass is 10.0. The van der Waals surface area contributed by atoms with Gasteiger partial charge < -0.3 is 4.84 Å². The fourth-order valence-electron chi connectivity index (χ4n) is 2.39. The quantitative estimate of drug-likeness (QED) is 0.392. The predicted octanol–water partition coefficient (Wildman–Crippen LogP) is 4.11. The van der Waals surface area contributed by atoms with Crippen LogP contribution in [0.4, 0.5) is 0 Å². The van der Waals surface area contributed by atoms with Crippen LogP contribution < -0.4 is 4.84 Å². The number of carbonyl (C=O) groups is 1. The van der Waals surface area contributed by atoms with Gasteiger partial charge in [0.1, 0.15) is 0 Å². The number of halogens is 1. The standard InChI is InChI=1S/C18H17ClN4O2/c1-4-23-18-15(10-21-23)17(25-22-11(2)3)14(9-20-18)16(24)12-5-7-13(19)8-6-12/h5-10H,4H2,1-3H3. The van der Waals surface area contributed by atoms with Gasteiger partial charge in [-0.3, -0.25) is 4.79 Å². The Morgan fingerprint density at radius 1 is 1.24 bits per heavy atom. The first-order valence-electron chi connectivity index (χ1n) is 7.84. The summed E-state index contributed by atoms with van der Waals surface area (Å²) >= 11 is 5.90. The van der Waals surface area contributed by atoms with Gasteiger partial charge >= 0.3 is 0 Å². The molecule has 1 aromatic carbocycles. The number of ketones is 1. The van der Waals surface area contributed by atoms with Gasteiger partial charge in [0.05, 0.1) is 22.9 Å². The van der Waals surface area contributed by atoms with Crippen LogP contribution in [0, 0.1) is 0 Å². The molecule has 0 fully saturated rings. The molecule has 0 atom stereocenters. The number of nitrogens with zero attached hydrogens (tertiary/aromatic N) is 4. The maximum Gasteiger partial charge on any atom is 0.198 e. The van der Waals surface area contributed by atoms with Crippen molar-refractivity contribution in [2.45, 2.75) is 27.3 Å². The van der Waals surface area contributed by atoms with E-state index in [2.05, 4.69) is 15.2 Å². The fraction of sp³-hybridized carbons (Fsp3) is 0.222. The predicted molar refractivity (Wildman–Crippen MR) is 97.5 cm³/mol. The number of aromatic nitrogens is 3. The molecular formula is C18H17ClN4O2. The summed E-state index contributed by atoms with van der Waals surface area (Å²) in [5.41, 5.74) is 2.21. The third-order valence-electron chi connectivity index (χ3n) is 3.59. The van der Waals surface area contributed by atoms with Gasteiger partial charge in [-0.2, -0.15) is 5.10 Å². The Kier molecular flexibility index (Phi) is 4.81. The van der Waals surface area contributed by atoms with Gasteiger partial charge in [0, 0.05) is 23.3 Å². The fourth-order valence-corrected chi connectivity index (χ4v) is 2.52. The van der Waals surface area contributed by atoms with Crippen molar-refractivity contribution in [1.82, 2.24) is 14.8 Å². The summed E-state index contributed by atoms with van der Waals surface area (Å²) in [5.74, 6) is 0.139. The average molecular weight is 357 g/mol. The maximum atomic E-state index is 12.9. The molecule has 0 N–H and O–H groups in total. The Balaban J connectivity index is 2.16. The van der Waals surface area contributed by atoms with E-state index < -0.39 is 0 Å². The van der Waals surface area contributed by atoms with Crippen LogP contribution in [0.1, 0.15) is 36.7 Å². The third-order valence-corrected chi connectivity index (χ3v) is 3.84. The van der Waals surface area contributed by atoms with Crippen LogP contribution in [-0.4, -0.2) is 26.3 Å². The molecule has 25 heavy (non-hydrogen) atoms. The lowest BCUT2D eigenvalue weighted by Gasteiger charge is -2.08. The van der Waals surface area contributed by atoms with Gasteiger partial charge in [-0.05, 0) is 45.0 Å². The number of pyridine rings is 1. The molecule has 0 aliphatic rings. The van der Waals surface area contributed by atoms with E-state index in [1.807, 2.05) is 20.8 Å². The summed E-state index contributed by atoms with van der Waals surface area (Å²) in [5, 5.41) is 9.50. The van der Waals surface area contributed by atoms with Crippen LogP contribution in [0.25, 0.3) is 11.0 Å². The molecule has 128 valence electrons. The van der Waals surface area contributed by atoms with Crippen LogP contribution in [0.15, 0.2) is 41.8 Å². The minimum Gasteiger partial charge on any atom is -0.355 e. The summed E-state index contributed by atoms with van der Waals surface area (Å²) in [4.78, 5) is 22.9. The summed E-state index contributed by atoms with van der Waals surface area (Å²) in [6, 6.07) is 6.68. The number of hydrogen-bond donors (Lipinski definition) is 0. The van der Waals surface area contributed by atoms with Crippen LogP contribution >= 0.6 is 11.6 Å². The largest absolute Gasteiger partial charge is 0.355 e. The first-order chi connectivity index (χ1) is 12.0. The summed E-state index contributed by atoms with van der Waals surface area (Å²) in [6.45, 7) is 6.26. The van der Waals surface area contributed by atoms with Gasteiger partial charge in [0.25, 0.3) is 0 Å². The Morgan fingerprint density at radius 2 is 1.96 bits per heavy atom. The van der Waals surface area contributed by atoms with Crippen molar-refractivity contribution in [3.63, 3.8) is 0 Å². The highest BCUT2D eigenvalue weighted by Crippen LogP contribution is 2.30. The Morgan fingerprint density at radius 3 is 2.60 bits per heavy atom. The SMILES string of the molecule is CCn1ncc2c(ON=C(C)C)c(C(=O)c3ccc(Cl)cc3)cnc21. The second-order valence-electron chi connectivity index (χ2n) is 5.66. The molecule has 0 aliphatic heterocycles. The molecule has 0 radical (unpaired) electrons. The van der Waals surface area contributed by atoms with Crippen molar-refractivity contribution in [3.8, 4) is 5.75 Å². The minimum absolute atomic E-state index is 0.214. The number of aryl methyl sites for hydroxylation is 1. The topological polar surface area (TPSA) is 69.4 Å². The highest BCUT2D eigenvalue weighted by molar-refractivity contribution is 6.30. The van der Waals surface area contributed by atoms with E-state index in [0.717, 1.165) is 5.71 Å².